The minimum absolute atomic E-state index is 0.0415. The molecule has 0 aliphatic carbocycles. The van der Waals surface area contributed by atoms with Crippen LogP contribution in [0, 0.1) is 0 Å². The van der Waals surface area contributed by atoms with Gasteiger partial charge in [0.15, 0.2) is 10.9 Å². The molecular formula is C13H12F2N2O5S. The summed E-state index contributed by atoms with van der Waals surface area (Å²) >= 11 is 0.989. The molecular weight excluding hydrogens is 334 g/mol. The van der Waals surface area contributed by atoms with Crippen LogP contribution in [0.15, 0.2) is 18.2 Å². The van der Waals surface area contributed by atoms with Crippen LogP contribution in [0.2, 0.25) is 0 Å². The van der Waals surface area contributed by atoms with E-state index in [9.17, 15) is 18.4 Å². The quantitative estimate of drug-likeness (QED) is 0.779. The first-order valence-corrected chi connectivity index (χ1v) is 7.04. The number of benzene rings is 1. The highest BCUT2D eigenvalue weighted by molar-refractivity contribution is 7.22. The van der Waals surface area contributed by atoms with E-state index in [1.807, 2.05) is 0 Å². The molecule has 0 bridgehead atoms. The maximum Gasteiger partial charge on any atom is 0.387 e. The number of ether oxygens (including phenoxy) is 2. The minimum atomic E-state index is -3.01. The van der Waals surface area contributed by atoms with E-state index in [1.165, 1.54) is 12.1 Å². The average molecular weight is 346 g/mol. The Bertz CT molecular complexity index is 751. The fourth-order valence-electron chi connectivity index (χ4n) is 1.66. The van der Waals surface area contributed by atoms with Crippen LogP contribution in [-0.2, 0) is 14.3 Å². The lowest BCUT2D eigenvalue weighted by Crippen LogP contribution is -2.48. The second kappa shape index (κ2) is 6.42. The van der Waals surface area contributed by atoms with E-state index >= 15 is 0 Å². The number of hydrogen-bond acceptors (Lipinski definition) is 6. The number of methoxy groups -OCH3 is 1. The highest BCUT2D eigenvalue weighted by Gasteiger charge is 2.42. The largest absolute Gasteiger partial charge is 0.479 e. The van der Waals surface area contributed by atoms with E-state index in [0.29, 0.717) is 4.70 Å². The molecule has 0 saturated carbocycles. The number of carboxylic acid groups (broad SMARTS) is 1. The number of anilines is 1. The Morgan fingerprint density at radius 2 is 2.13 bits per heavy atom. The molecule has 7 nitrogen and oxygen atoms in total. The lowest BCUT2D eigenvalue weighted by atomic mass is 10.1. The molecule has 10 heteroatoms. The number of carbonyl (C=O) groups is 2. The number of hydrogen-bond donors (Lipinski definition) is 2. The van der Waals surface area contributed by atoms with Crippen LogP contribution in [0.5, 0.6) is 5.75 Å². The fraction of sp³-hybridized carbons (Fsp3) is 0.308. The number of thiazole rings is 1. The zero-order valence-electron chi connectivity index (χ0n) is 12.0. The van der Waals surface area contributed by atoms with Crippen molar-refractivity contribution in [3.8, 4) is 5.75 Å². The maximum atomic E-state index is 12.4. The standard InChI is InChI=1S/C13H12F2N2O5S/c1-13(21-2,10(19)20)9(18)17-12-16-8-6(22-11(14)15)4-3-5-7(8)23-12/h3-5,11H,1-2H3,(H,19,20)(H,16,17,18). The zero-order valence-corrected chi connectivity index (χ0v) is 12.8. The topological polar surface area (TPSA) is 97.8 Å². The molecule has 1 unspecified atom stereocenters. The summed E-state index contributed by atoms with van der Waals surface area (Å²) in [6.07, 6.45) is 0. The minimum Gasteiger partial charge on any atom is -0.479 e. The predicted octanol–water partition coefficient (Wildman–Crippen LogP) is 2.33. The van der Waals surface area contributed by atoms with Crippen LogP contribution in [0.3, 0.4) is 0 Å². The molecule has 0 saturated heterocycles. The number of nitrogens with zero attached hydrogens (tertiary/aromatic N) is 1. The van der Waals surface area contributed by atoms with Crippen molar-refractivity contribution < 1.29 is 33.0 Å². The Labute approximate surface area is 132 Å². The van der Waals surface area contributed by atoms with E-state index in [4.69, 9.17) is 9.84 Å². The Kier molecular flexibility index (Phi) is 4.76. The first-order chi connectivity index (χ1) is 10.8. The molecule has 124 valence electrons. The number of fused-ring (bicyclic) bond motifs is 1. The third kappa shape index (κ3) is 3.37. The lowest BCUT2D eigenvalue weighted by Gasteiger charge is -2.20. The summed E-state index contributed by atoms with van der Waals surface area (Å²) in [5.74, 6) is -2.55. The monoisotopic (exact) mass is 346 g/mol. The molecule has 0 aliphatic rings. The Morgan fingerprint density at radius 3 is 2.70 bits per heavy atom. The van der Waals surface area contributed by atoms with E-state index < -0.39 is 24.1 Å². The molecule has 2 N–H and O–H groups in total. The number of para-hydroxylation sites is 1. The normalized spacial score (nSPS) is 13.8. The van der Waals surface area contributed by atoms with Gasteiger partial charge < -0.3 is 14.6 Å². The van der Waals surface area contributed by atoms with E-state index in [2.05, 4.69) is 15.0 Å². The van der Waals surface area contributed by atoms with Crippen LogP contribution < -0.4 is 10.1 Å². The van der Waals surface area contributed by atoms with Crippen LogP contribution >= 0.6 is 11.3 Å². The number of rotatable bonds is 6. The van der Waals surface area contributed by atoms with Gasteiger partial charge in [-0.2, -0.15) is 8.78 Å². The smallest absolute Gasteiger partial charge is 0.387 e. The first-order valence-electron chi connectivity index (χ1n) is 6.22. The number of amides is 1. The molecule has 0 radical (unpaired) electrons. The van der Waals surface area contributed by atoms with E-state index in [0.717, 1.165) is 25.4 Å². The van der Waals surface area contributed by atoms with Gasteiger partial charge in [-0.25, -0.2) is 9.78 Å². The number of carbonyl (C=O) groups excluding carboxylic acids is 1. The number of nitrogens with one attached hydrogen (secondary N) is 1. The van der Waals surface area contributed by atoms with E-state index in [1.54, 1.807) is 6.07 Å². The molecule has 1 amide bonds. The number of carboxylic acids is 1. The van der Waals surface area contributed by atoms with Gasteiger partial charge in [-0.1, -0.05) is 17.4 Å². The average Bonchev–Trinajstić information content (AvgIpc) is 2.89. The first kappa shape index (κ1) is 17.0. The molecule has 0 spiro atoms. The van der Waals surface area contributed by atoms with Crippen LogP contribution in [-0.4, -0.2) is 41.3 Å². The van der Waals surface area contributed by atoms with Crippen molar-refractivity contribution in [2.45, 2.75) is 19.1 Å². The van der Waals surface area contributed by atoms with Crippen LogP contribution in [0.25, 0.3) is 10.2 Å². The van der Waals surface area contributed by atoms with Gasteiger partial charge in [0.1, 0.15) is 5.52 Å². The molecule has 2 aromatic rings. The van der Waals surface area contributed by atoms with E-state index in [-0.39, 0.29) is 16.4 Å². The third-order valence-corrected chi connectivity index (χ3v) is 4.00. The molecule has 1 aromatic carbocycles. The van der Waals surface area contributed by atoms with Gasteiger partial charge in [0.05, 0.1) is 4.70 Å². The Morgan fingerprint density at radius 1 is 1.43 bits per heavy atom. The van der Waals surface area contributed by atoms with Gasteiger partial charge in [-0.05, 0) is 19.1 Å². The van der Waals surface area contributed by atoms with Crippen molar-refractivity contribution in [1.29, 1.82) is 0 Å². The molecule has 1 aromatic heterocycles. The second-order valence-corrected chi connectivity index (χ2v) is 5.53. The van der Waals surface area contributed by atoms with Gasteiger partial charge in [-0.15, -0.1) is 0 Å². The SMILES string of the molecule is COC(C)(C(=O)O)C(=O)Nc1nc2c(OC(F)F)cccc2s1. The number of halogens is 2. The molecule has 1 atom stereocenters. The summed E-state index contributed by atoms with van der Waals surface area (Å²) in [7, 11) is 1.08. The second-order valence-electron chi connectivity index (χ2n) is 4.50. The van der Waals surface area contributed by atoms with Crippen LogP contribution in [0.4, 0.5) is 13.9 Å². The fourth-order valence-corrected chi connectivity index (χ4v) is 2.54. The van der Waals surface area contributed by atoms with Gasteiger partial charge in [0.25, 0.3) is 5.91 Å². The summed E-state index contributed by atoms with van der Waals surface area (Å²) < 4.78 is 34.3. The molecule has 23 heavy (non-hydrogen) atoms. The van der Waals surface area contributed by atoms with Crippen molar-refractivity contribution in [3.05, 3.63) is 18.2 Å². The summed E-state index contributed by atoms with van der Waals surface area (Å²) in [6, 6.07) is 4.42. The summed E-state index contributed by atoms with van der Waals surface area (Å²) in [5.41, 5.74) is -1.96. The van der Waals surface area contributed by atoms with Gasteiger partial charge in [0, 0.05) is 7.11 Å². The highest BCUT2D eigenvalue weighted by atomic mass is 32.1. The summed E-state index contributed by atoms with van der Waals surface area (Å²) in [5, 5.41) is 11.4. The van der Waals surface area contributed by atoms with Gasteiger partial charge in [0.2, 0.25) is 5.60 Å². The zero-order chi connectivity index (χ0) is 17.2. The number of alkyl halides is 2. The summed E-state index contributed by atoms with van der Waals surface area (Å²) in [4.78, 5) is 27.2. The van der Waals surface area contributed by atoms with Crippen LogP contribution in [0.1, 0.15) is 6.92 Å². The van der Waals surface area contributed by atoms with Crippen molar-refractivity contribution in [3.63, 3.8) is 0 Å². The molecule has 0 fully saturated rings. The van der Waals surface area contributed by atoms with Crippen molar-refractivity contribution >= 4 is 38.6 Å². The molecule has 1 heterocycles. The maximum absolute atomic E-state index is 12.4. The highest BCUT2D eigenvalue weighted by Crippen LogP contribution is 2.33. The third-order valence-electron chi connectivity index (χ3n) is 3.07. The van der Waals surface area contributed by atoms with Crippen molar-refractivity contribution in [2.75, 3.05) is 12.4 Å². The van der Waals surface area contributed by atoms with Crippen molar-refractivity contribution in [1.82, 2.24) is 4.98 Å². The Balaban J connectivity index is 2.31. The van der Waals surface area contributed by atoms with Crippen molar-refractivity contribution in [2.24, 2.45) is 0 Å². The van der Waals surface area contributed by atoms with Gasteiger partial charge >= 0.3 is 12.6 Å². The molecule has 2 rings (SSSR count). The molecule has 0 aliphatic heterocycles. The Hall–Kier alpha value is -2.33. The number of aliphatic carboxylic acids is 1. The number of aromatic nitrogens is 1. The predicted molar refractivity (Wildman–Crippen MR) is 77.9 cm³/mol. The summed E-state index contributed by atoms with van der Waals surface area (Å²) in [6.45, 7) is -1.92. The van der Waals surface area contributed by atoms with Gasteiger partial charge in [-0.3, -0.25) is 10.1 Å². The lowest BCUT2D eigenvalue weighted by molar-refractivity contribution is -0.165.